The van der Waals surface area contributed by atoms with Gasteiger partial charge in [0.05, 0.1) is 0 Å². The second-order valence-corrected chi connectivity index (χ2v) is 2.68. The van der Waals surface area contributed by atoms with Gasteiger partial charge >= 0.3 is 6.18 Å². The minimum atomic E-state index is -3.98. The van der Waals surface area contributed by atoms with E-state index in [1.807, 2.05) is 0 Å². The van der Waals surface area contributed by atoms with Crippen molar-refractivity contribution >= 4 is 0 Å². The van der Waals surface area contributed by atoms with Gasteiger partial charge in [0.25, 0.3) is 0 Å². The van der Waals surface area contributed by atoms with Gasteiger partial charge in [0, 0.05) is 6.42 Å². The first-order valence-corrected chi connectivity index (χ1v) is 3.35. The van der Waals surface area contributed by atoms with E-state index in [1.165, 1.54) is 0 Å². The molecule has 0 aromatic carbocycles. The predicted molar refractivity (Wildman–Crippen MR) is 31.6 cm³/mol. The molecule has 1 aliphatic rings. The Morgan fingerprint density at radius 2 is 2.10 bits per heavy atom. The van der Waals surface area contributed by atoms with Gasteiger partial charge in [-0.3, -0.25) is 0 Å². The van der Waals surface area contributed by atoms with Crippen LogP contribution < -0.4 is 5.32 Å². The van der Waals surface area contributed by atoms with E-state index < -0.39 is 12.6 Å². The average molecular weight is 153 g/mol. The van der Waals surface area contributed by atoms with Crippen LogP contribution in [0.25, 0.3) is 0 Å². The van der Waals surface area contributed by atoms with Crippen LogP contribution in [0.5, 0.6) is 0 Å². The lowest BCUT2D eigenvalue weighted by atomic mass is 10.1. The first kappa shape index (κ1) is 7.85. The van der Waals surface area contributed by atoms with Crippen LogP contribution in [0, 0.1) is 5.92 Å². The van der Waals surface area contributed by atoms with Crippen LogP contribution in [0.2, 0.25) is 0 Å². The summed E-state index contributed by atoms with van der Waals surface area (Å²) in [7, 11) is 0. The van der Waals surface area contributed by atoms with Crippen molar-refractivity contribution in [2.75, 3.05) is 13.1 Å². The Morgan fingerprint density at radius 1 is 1.40 bits per heavy atom. The fourth-order valence-corrected chi connectivity index (χ4v) is 1.22. The molecule has 1 nitrogen and oxygen atoms in total. The second kappa shape index (κ2) is 2.78. The normalized spacial score (nSPS) is 27.3. The van der Waals surface area contributed by atoms with Crippen LogP contribution in [-0.4, -0.2) is 19.3 Å². The molecule has 1 fully saturated rings. The molecular weight excluding hydrogens is 143 g/mol. The molecule has 1 aliphatic heterocycles. The van der Waals surface area contributed by atoms with Crippen LogP contribution in [0.1, 0.15) is 12.8 Å². The van der Waals surface area contributed by atoms with Crippen molar-refractivity contribution in [1.29, 1.82) is 0 Å². The largest absolute Gasteiger partial charge is 0.389 e. The highest BCUT2D eigenvalue weighted by atomic mass is 19.4. The van der Waals surface area contributed by atoms with E-state index in [4.69, 9.17) is 0 Å². The van der Waals surface area contributed by atoms with Crippen molar-refractivity contribution in [3.05, 3.63) is 0 Å². The van der Waals surface area contributed by atoms with Crippen molar-refractivity contribution in [3.8, 4) is 0 Å². The number of hydrogen-bond acceptors (Lipinski definition) is 1. The summed E-state index contributed by atoms with van der Waals surface area (Å²) < 4.78 is 35.0. The quantitative estimate of drug-likeness (QED) is 0.602. The molecule has 0 unspecified atom stereocenters. The molecule has 4 heteroatoms. The van der Waals surface area contributed by atoms with E-state index in [9.17, 15) is 13.2 Å². The van der Waals surface area contributed by atoms with Gasteiger partial charge in [0.1, 0.15) is 0 Å². The van der Waals surface area contributed by atoms with Gasteiger partial charge in [-0.15, -0.1) is 0 Å². The molecule has 60 valence electrons. The Kier molecular flexibility index (Phi) is 2.18. The summed E-state index contributed by atoms with van der Waals surface area (Å²) in [5.41, 5.74) is 0. The minimum absolute atomic E-state index is 0.181. The smallest absolute Gasteiger partial charge is 0.316 e. The summed E-state index contributed by atoms with van der Waals surface area (Å²) in [6.07, 6.45) is -3.93. The lowest BCUT2D eigenvalue weighted by Crippen LogP contribution is -2.17. The zero-order valence-corrected chi connectivity index (χ0v) is 5.54. The molecular formula is C6H10F3N. The SMILES string of the molecule is FC(F)(F)C[C@H]1CCNC1. The van der Waals surface area contributed by atoms with Crippen LogP contribution in [0.3, 0.4) is 0 Å². The Balaban J connectivity index is 2.24. The summed E-state index contributed by atoms with van der Waals surface area (Å²) in [6.45, 7) is 1.26. The van der Waals surface area contributed by atoms with Crippen molar-refractivity contribution < 1.29 is 13.2 Å². The van der Waals surface area contributed by atoms with Gasteiger partial charge in [-0.1, -0.05) is 0 Å². The van der Waals surface area contributed by atoms with E-state index in [-0.39, 0.29) is 5.92 Å². The van der Waals surface area contributed by atoms with Gasteiger partial charge in [-0.05, 0) is 25.4 Å². The van der Waals surface area contributed by atoms with E-state index >= 15 is 0 Å². The lowest BCUT2D eigenvalue weighted by molar-refractivity contribution is -0.143. The van der Waals surface area contributed by atoms with Crippen molar-refractivity contribution in [2.24, 2.45) is 5.92 Å². The Morgan fingerprint density at radius 3 is 2.50 bits per heavy atom. The first-order valence-electron chi connectivity index (χ1n) is 3.35. The number of hydrogen-bond donors (Lipinski definition) is 1. The molecule has 0 aromatic rings. The first-order chi connectivity index (χ1) is 4.58. The van der Waals surface area contributed by atoms with Crippen LogP contribution in [0.15, 0.2) is 0 Å². The zero-order chi connectivity index (χ0) is 7.61. The minimum Gasteiger partial charge on any atom is -0.316 e. The molecule has 0 radical (unpaired) electrons. The molecule has 10 heavy (non-hydrogen) atoms. The summed E-state index contributed by atoms with van der Waals surface area (Å²) in [5.74, 6) is -0.181. The lowest BCUT2D eigenvalue weighted by Gasteiger charge is -2.10. The standard InChI is InChI=1S/C6H10F3N/c7-6(8,9)3-5-1-2-10-4-5/h5,10H,1-4H2/t5-/m1/s1. The molecule has 0 aromatic heterocycles. The van der Waals surface area contributed by atoms with E-state index in [0.29, 0.717) is 13.0 Å². The maximum absolute atomic E-state index is 11.7. The fraction of sp³-hybridized carbons (Fsp3) is 1.00. The number of rotatable bonds is 1. The Labute approximate surface area is 57.6 Å². The molecule has 0 spiro atoms. The van der Waals surface area contributed by atoms with Gasteiger partial charge in [0.2, 0.25) is 0 Å². The number of alkyl halides is 3. The average Bonchev–Trinajstić information content (AvgIpc) is 2.12. The third-order valence-electron chi connectivity index (χ3n) is 1.68. The maximum atomic E-state index is 11.7. The molecule has 1 saturated heterocycles. The summed E-state index contributed by atoms with van der Waals surface area (Å²) in [5, 5.41) is 2.89. The number of nitrogens with one attached hydrogen (secondary N) is 1. The van der Waals surface area contributed by atoms with Crippen LogP contribution in [0.4, 0.5) is 13.2 Å². The highest BCUT2D eigenvalue weighted by Gasteiger charge is 2.32. The molecule has 0 amide bonds. The van der Waals surface area contributed by atoms with E-state index in [1.54, 1.807) is 0 Å². The molecule has 0 bridgehead atoms. The van der Waals surface area contributed by atoms with E-state index in [2.05, 4.69) is 5.32 Å². The topological polar surface area (TPSA) is 12.0 Å². The van der Waals surface area contributed by atoms with Gasteiger partial charge in [0.15, 0.2) is 0 Å². The van der Waals surface area contributed by atoms with Gasteiger partial charge in [-0.2, -0.15) is 13.2 Å². The third kappa shape index (κ3) is 2.56. The maximum Gasteiger partial charge on any atom is 0.389 e. The van der Waals surface area contributed by atoms with Crippen molar-refractivity contribution in [3.63, 3.8) is 0 Å². The van der Waals surface area contributed by atoms with Crippen LogP contribution >= 0.6 is 0 Å². The molecule has 1 rings (SSSR count). The highest BCUT2D eigenvalue weighted by Crippen LogP contribution is 2.27. The molecule has 0 saturated carbocycles. The van der Waals surface area contributed by atoms with E-state index in [0.717, 1.165) is 6.54 Å². The van der Waals surface area contributed by atoms with Crippen molar-refractivity contribution in [1.82, 2.24) is 5.32 Å². The molecule has 1 heterocycles. The van der Waals surface area contributed by atoms with Gasteiger partial charge < -0.3 is 5.32 Å². The fourth-order valence-electron chi connectivity index (χ4n) is 1.22. The zero-order valence-electron chi connectivity index (χ0n) is 5.54. The molecule has 1 N–H and O–H groups in total. The monoisotopic (exact) mass is 153 g/mol. The van der Waals surface area contributed by atoms with Crippen molar-refractivity contribution in [2.45, 2.75) is 19.0 Å². The highest BCUT2D eigenvalue weighted by molar-refractivity contribution is 4.73. The molecule has 0 aliphatic carbocycles. The Hall–Kier alpha value is -0.250. The molecule has 1 atom stereocenters. The predicted octanol–water partition coefficient (Wildman–Crippen LogP) is 1.55. The third-order valence-corrected chi connectivity index (χ3v) is 1.68. The summed E-state index contributed by atoms with van der Waals surface area (Å²) in [6, 6.07) is 0. The summed E-state index contributed by atoms with van der Waals surface area (Å²) in [4.78, 5) is 0. The second-order valence-electron chi connectivity index (χ2n) is 2.68. The summed E-state index contributed by atoms with van der Waals surface area (Å²) >= 11 is 0. The Bertz CT molecular complexity index is 104. The number of halogens is 3. The van der Waals surface area contributed by atoms with Crippen LogP contribution in [-0.2, 0) is 0 Å². The van der Waals surface area contributed by atoms with Gasteiger partial charge in [-0.25, -0.2) is 0 Å².